The van der Waals surface area contributed by atoms with Crippen LogP contribution in [-0.2, 0) is 0 Å². The van der Waals surface area contributed by atoms with Gasteiger partial charge in [0.05, 0.1) is 21.5 Å². The molecule has 0 aliphatic rings. The Kier molecular flexibility index (Phi) is 4.49. The first-order valence-corrected chi connectivity index (χ1v) is 9.67. The zero-order valence-electron chi connectivity index (χ0n) is 16.2. The number of aromatic hydroxyl groups is 1. The molecule has 6 aromatic rings. The van der Waals surface area contributed by atoms with Crippen LogP contribution in [0.1, 0.15) is 0 Å². The molecule has 0 amide bonds. The fourth-order valence-corrected chi connectivity index (χ4v) is 3.54. The molecule has 0 fully saturated rings. The van der Waals surface area contributed by atoms with Gasteiger partial charge in [0, 0.05) is 0 Å². The van der Waals surface area contributed by atoms with Gasteiger partial charge in [-0.25, -0.2) is 0 Å². The van der Waals surface area contributed by atoms with Crippen molar-refractivity contribution in [3.8, 4) is 5.75 Å². The highest BCUT2D eigenvalue weighted by atomic mass is 16.3. The highest BCUT2D eigenvalue weighted by Gasteiger charge is 2.07. The second-order valence-electron chi connectivity index (χ2n) is 7.03. The van der Waals surface area contributed by atoms with E-state index < -0.39 is 0 Å². The van der Waals surface area contributed by atoms with E-state index in [1.807, 2.05) is 42.5 Å². The van der Waals surface area contributed by atoms with E-state index in [1.54, 1.807) is 36.4 Å². The lowest BCUT2D eigenvalue weighted by Gasteiger charge is -2.00. The van der Waals surface area contributed by atoms with Crippen LogP contribution in [0.3, 0.4) is 0 Å². The number of phenolic OH excluding ortho intramolecular Hbond substituents is 1. The van der Waals surface area contributed by atoms with Crippen molar-refractivity contribution in [2.24, 2.45) is 0 Å². The maximum atomic E-state index is 12.1. The van der Waals surface area contributed by atoms with E-state index in [0.29, 0.717) is 43.9 Å². The molecule has 1 N–H and O–H groups in total. The highest BCUT2D eigenvalue weighted by molar-refractivity contribution is 5.90. The highest BCUT2D eigenvalue weighted by Crippen LogP contribution is 2.21. The number of benzene rings is 4. The van der Waals surface area contributed by atoms with Gasteiger partial charge in [-0.2, -0.15) is 0 Å². The number of rotatable bonds is 0. The van der Waals surface area contributed by atoms with Crippen molar-refractivity contribution >= 4 is 43.9 Å². The summed E-state index contributed by atoms with van der Waals surface area (Å²) in [4.78, 5) is 24.1. The normalized spacial score (nSPS) is 11.0. The summed E-state index contributed by atoms with van der Waals surface area (Å²) in [5.74, 6) is 0.0649. The van der Waals surface area contributed by atoms with Crippen LogP contribution in [0.15, 0.2) is 109 Å². The van der Waals surface area contributed by atoms with E-state index in [4.69, 9.17) is 8.83 Å². The van der Waals surface area contributed by atoms with Gasteiger partial charge < -0.3 is 13.9 Å². The van der Waals surface area contributed by atoms with Gasteiger partial charge in [0.2, 0.25) is 10.9 Å². The lowest BCUT2D eigenvalue weighted by molar-refractivity contribution is 0.475. The van der Waals surface area contributed by atoms with E-state index in [0.717, 1.165) is 0 Å². The minimum Gasteiger partial charge on any atom is -0.508 e. The molecule has 0 unspecified atom stereocenters. The monoisotopic (exact) mass is 408 g/mol. The number of para-hydroxylation sites is 3. The third-order valence-electron chi connectivity index (χ3n) is 5.04. The van der Waals surface area contributed by atoms with Crippen molar-refractivity contribution in [2.45, 2.75) is 0 Å². The summed E-state index contributed by atoms with van der Waals surface area (Å²) in [6, 6.07) is 26.2. The smallest absolute Gasteiger partial charge is 0.200 e. The van der Waals surface area contributed by atoms with Gasteiger partial charge in [-0.1, -0.05) is 36.4 Å². The molecular weight excluding hydrogens is 392 g/mol. The Balaban J connectivity index is 0.000000132. The van der Waals surface area contributed by atoms with Gasteiger partial charge in [0.15, 0.2) is 0 Å². The summed E-state index contributed by atoms with van der Waals surface area (Å²) < 4.78 is 11.2. The number of fused-ring (bicyclic) bond motifs is 4. The summed E-state index contributed by atoms with van der Waals surface area (Å²) in [7, 11) is 0. The Morgan fingerprint density at radius 2 is 0.871 bits per heavy atom. The summed E-state index contributed by atoms with van der Waals surface area (Å²) in [6.45, 7) is 0. The largest absolute Gasteiger partial charge is 0.508 e. The van der Waals surface area contributed by atoms with Crippen LogP contribution in [0.4, 0.5) is 0 Å². The lowest BCUT2D eigenvalue weighted by Crippen LogP contribution is -2.01. The molecule has 0 spiro atoms. The molecule has 150 valence electrons. The first-order chi connectivity index (χ1) is 15.1. The minimum absolute atomic E-state index is 0.0347. The summed E-state index contributed by atoms with van der Waals surface area (Å²) in [6.07, 6.45) is 0. The van der Waals surface area contributed by atoms with Crippen molar-refractivity contribution in [2.75, 3.05) is 0 Å². The molecule has 4 aromatic carbocycles. The number of hydrogen-bond acceptors (Lipinski definition) is 5. The van der Waals surface area contributed by atoms with Crippen LogP contribution in [0.5, 0.6) is 5.75 Å². The minimum atomic E-state index is -0.118. The first-order valence-electron chi connectivity index (χ1n) is 9.67. The molecule has 0 bridgehead atoms. The SMILES string of the molecule is O=c1c2ccccc2oc2ccc(O)cc12.O=c1c2ccccc2oc2ccccc12. The van der Waals surface area contributed by atoms with Gasteiger partial charge in [-0.15, -0.1) is 0 Å². The molecule has 0 aliphatic heterocycles. The summed E-state index contributed by atoms with van der Waals surface area (Å²) in [5.41, 5.74) is 2.25. The van der Waals surface area contributed by atoms with Crippen LogP contribution < -0.4 is 10.9 Å². The van der Waals surface area contributed by atoms with Crippen molar-refractivity contribution in [3.63, 3.8) is 0 Å². The van der Waals surface area contributed by atoms with Crippen LogP contribution >= 0.6 is 0 Å². The lowest BCUT2D eigenvalue weighted by atomic mass is 10.1. The van der Waals surface area contributed by atoms with Crippen LogP contribution in [-0.4, -0.2) is 5.11 Å². The standard InChI is InChI=1S/C13H8O3.C13H8O2/c14-8-5-6-12-10(7-8)13(15)9-3-1-2-4-11(9)16-12;14-13-9-5-1-3-7-11(9)15-12-8-4-2-6-10(12)13/h1-7,14H;1-8H. The quantitative estimate of drug-likeness (QED) is 0.331. The summed E-state index contributed by atoms with van der Waals surface area (Å²) in [5, 5.41) is 11.5. The van der Waals surface area contributed by atoms with Gasteiger partial charge in [0.1, 0.15) is 28.1 Å². The molecular formula is C26H16O5. The molecule has 2 aromatic heterocycles. The van der Waals surface area contributed by atoms with E-state index in [9.17, 15) is 14.7 Å². The molecule has 0 atom stereocenters. The Morgan fingerprint density at radius 3 is 1.35 bits per heavy atom. The maximum absolute atomic E-state index is 12.1. The topological polar surface area (TPSA) is 80.6 Å². The van der Waals surface area contributed by atoms with Crippen LogP contribution in [0.2, 0.25) is 0 Å². The van der Waals surface area contributed by atoms with Crippen molar-refractivity contribution in [1.29, 1.82) is 0 Å². The molecule has 0 radical (unpaired) electrons. The Morgan fingerprint density at radius 1 is 0.484 bits per heavy atom. The molecule has 5 nitrogen and oxygen atoms in total. The third kappa shape index (κ3) is 3.32. The van der Waals surface area contributed by atoms with Gasteiger partial charge in [-0.05, 0) is 54.6 Å². The van der Waals surface area contributed by atoms with Gasteiger partial charge in [-0.3, -0.25) is 9.59 Å². The molecule has 2 heterocycles. The van der Waals surface area contributed by atoms with E-state index in [-0.39, 0.29) is 16.6 Å². The maximum Gasteiger partial charge on any atom is 0.200 e. The fraction of sp³-hybridized carbons (Fsp3) is 0. The molecule has 5 heteroatoms. The zero-order valence-corrected chi connectivity index (χ0v) is 16.2. The Hall–Kier alpha value is -4.38. The second-order valence-corrected chi connectivity index (χ2v) is 7.03. The Bertz CT molecular complexity index is 1640. The molecule has 0 aliphatic carbocycles. The second kappa shape index (κ2) is 7.46. The van der Waals surface area contributed by atoms with E-state index >= 15 is 0 Å². The van der Waals surface area contributed by atoms with Crippen molar-refractivity contribution in [1.82, 2.24) is 0 Å². The molecule has 6 rings (SSSR count). The van der Waals surface area contributed by atoms with Gasteiger partial charge >= 0.3 is 0 Å². The summed E-state index contributed by atoms with van der Waals surface area (Å²) >= 11 is 0. The average Bonchev–Trinajstić information content (AvgIpc) is 2.81. The predicted molar refractivity (Wildman–Crippen MR) is 122 cm³/mol. The molecule has 0 saturated heterocycles. The van der Waals surface area contributed by atoms with Crippen molar-refractivity contribution in [3.05, 3.63) is 111 Å². The van der Waals surface area contributed by atoms with Crippen LogP contribution in [0, 0.1) is 0 Å². The first kappa shape index (κ1) is 18.6. The van der Waals surface area contributed by atoms with Gasteiger partial charge in [0.25, 0.3) is 0 Å². The zero-order chi connectivity index (χ0) is 21.4. The Labute approximate surface area is 175 Å². The predicted octanol–water partition coefficient (Wildman–Crippen LogP) is 5.60. The average molecular weight is 408 g/mol. The molecule has 31 heavy (non-hydrogen) atoms. The number of phenols is 1. The van der Waals surface area contributed by atoms with E-state index in [2.05, 4.69) is 0 Å². The fourth-order valence-electron chi connectivity index (χ4n) is 3.54. The third-order valence-corrected chi connectivity index (χ3v) is 5.04. The van der Waals surface area contributed by atoms with Crippen molar-refractivity contribution < 1.29 is 13.9 Å². The number of hydrogen-bond donors (Lipinski definition) is 1. The van der Waals surface area contributed by atoms with E-state index in [1.165, 1.54) is 12.1 Å². The molecule has 0 saturated carbocycles. The van der Waals surface area contributed by atoms with Crippen LogP contribution in [0.25, 0.3) is 43.9 Å².